The van der Waals surface area contributed by atoms with Crippen molar-refractivity contribution in [3.63, 3.8) is 0 Å². The largest absolute Gasteiger partial charge is 0.484 e. The number of nitrogens with one attached hydrogen (secondary N) is 2. The maximum absolute atomic E-state index is 11.6. The van der Waals surface area contributed by atoms with E-state index in [2.05, 4.69) is 15.6 Å². The minimum Gasteiger partial charge on any atom is -0.484 e. The van der Waals surface area contributed by atoms with E-state index in [0.717, 1.165) is 10.8 Å². The average Bonchev–Trinajstić information content (AvgIpc) is 2.95. The molecule has 112 valence electrons. The molecule has 5 nitrogen and oxygen atoms in total. The molecule has 0 bridgehead atoms. The molecular formula is C14H16ClN3O2S. The topological polar surface area (TPSA) is 63.2 Å². The third kappa shape index (κ3) is 5.24. The number of amides is 1. The lowest BCUT2D eigenvalue weighted by Gasteiger charge is -2.07. The van der Waals surface area contributed by atoms with Crippen LogP contribution in [0.5, 0.6) is 5.75 Å². The van der Waals surface area contributed by atoms with E-state index in [-0.39, 0.29) is 12.5 Å². The number of halogens is 1. The fourth-order valence-electron chi connectivity index (χ4n) is 1.60. The maximum Gasteiger partial charge on any atom is 0.257 e. The fraction of sp³-hybridized carbons (Fsp3) is 0.286. The van der Waals surface area contributed by atoms with E-state index < -0.39 is 0 Å². The van der Waals surface area contributed by atoms with Gasteiger partial charge in [0.05, 0.1) is 5.69 Å². The number of thiazole rings is 1. The number of aromatic nitrogens is 1. The van der Waals surface area contributed by atoms with E-state index in [4.69, 9.17) is 16.3 Å². The number of carbonyl (C=O) groups excluding carboxylic acids is 1. The Labute approximate surface area is 132 Å². The molecule has 2 rings (SSSR count). The van der Waals surface area contributed by atoms with E-state index in [1.54, 1.807) is 35.6 Å². The molecule has 0 saturated carbocycles. The lowest BCUT2D eigenvalue weighted by Crippen LogP contribution is -2.30. The lowest BCUT2D eigenvalue weighted by atomic mass is 10.3. The number of hydrogen-bond acceptors (Lipinski definition) is 5. The predicted octanol–water partition coefficient (Wildman–Crippen LogP) is 2.58. The highest BCUT2D eigenvalue weighted by atomic mass is 35.5. The molecule has 0 fully saturated rings. The Bertz CT molecular complexity index is 586. The van der Waals surface area contributed by atoms with Crippen molar-refractivity contribution in [2.45, 2.75) is 6.42 Å². The maximum atomic E-state index is 11.6. The summed E-state index contributed by atoms with van der Waals surface area (Å²) in [6.45, 7) is 0.524. The molecule has 0 aliphatic heterocycles. The Kier molecular flexibility index (Phi) is 5.83. The van der Waals surface area contributed by atoms with Crippen LogP contribution >= 0.6 is 22.9 Å². The van der Waals surface area contributed by atoms with Crippen molar-refractivity contribution in [1.82, 2.24) is 10.3 Å². The summed E-state index contributed by atoms with van der Waals surface area (Å²) in [7, 11) is 1.83. The van der Waals surface area contributed by atoms with Gasteiger partial charge in [-0.2, -0.15) is 0 Å². The number of hydrogen-bond donors (Lipinski definition) is 2. The van der Waals surface area contributed by atoms with Crippen LogP contribution in [0.1, 0.15) is 5.69 Å². The van der Waals surface area contributed by atoms with Crippen molar-refractivity contribution >= 4 is 34.0 Å². The van der Waals surface area contributed by atoms with Crippen LogP contribution in [0.25, 0.3) is 0 Å². The van der Waals surface area contributed by atoms with Gasteiger partial charge in [-0.25, -0.2) is 4.98 Å². The van der Waals surface area contributed by atoms with Crippen LogP contribution < -0.4 is 15.4 Å². The molecular weight excluding hydrogens is 310 g/mol. The van der Waals surface area contributed by atoms with Gasteiger partial charge in [0.2, 0.25) is 0 Å². The standard InChI is InChI=1S/C14H16ClN3O2S/c1-16-14-18-11(9-21-14)6-7-17-13(19)8-20-12-4-2-10(15)3-5-12/h2-5,9H,6-8H2,1H3,(H,16,18)(H,17,19). The van der Waals surface area contributed by atoms with Crippen molar-refractivity contribution in [3.8, 4) is 5.75 Å². The summed E-state index contributed by atoms with van der Waals surface area (Å²) in [6, 6.07) is 6.89. The second-order valence-corrected chi connectivity index (χ2v) is 5.53. The third-order valence-electron chi connectivity index (χ3n) is 2.65. The Morgan fingerprint density at radius 2 is 2.14 bits per heavy atom. The first-order valence-corrected chi connectivity index (χ1v) is 7.70. The second-order valence-electron chi connectivity index (χ2n) is 4.24. The number of carbonyl (C=O) groups is 1. The number of ether oxygens (including phenoxy) is 1. The molecule has 21 heavy (non-hydrogen) atoms. The molecule has 0 atom stereocenters. The molecule has 1 heterocycles. The first-order chi connectivity index (χ1) is 10.2. The predicted molar refractivity (Wildman–Crippen MR) is 85.3 cm³/mol. The van der Waals surface area contributed by atoms with Crippen molar-refractivity contribution in [3.05, 3.63) is 40.4 Å². The highest BCUT2D eigenvalue weighted by Crippen LogP contribution is 2.15. The van der Waals surface area contributed by atoms with Crippen molar-refractivity contribution in [2.24, 2.45) is 0 Å². The molecule has 0 saturated heterocycles. The Balaban J connectivity index is 1.66. The van der Waals surface area contributed by atoms with Gasteiger partial charge in [-0.1, -0.05) is 11.6 Å². The van der Waals surface area contributed by atoms with E-state index in [1.807, 2.05) is 12.4 Å². The molecule has 1 aromatic heterocycles. The van der Waals surface area contributed by atoms with Crippen LogP contribution in [0.15, 0.2) is 29.6 Å². The molecule has 1 aromatic carbocycles. The quantitative estimate of drug-likeness (QED) is 0.821. The highest BCUT2D eigenvalue weighted by Gasteiger charge is 2.04. The van der Waals surface area contributed by atoms with Crippen LogP contribution in [-0.2, 0) is 11.2 Å². The van der Waals surface area contributed by atoms with Gasteiger partial charge in [0.25, 0.3) is 5.91 Å². The smallest absolute Gasteiger partial charge is 0.257 e. The summed E-state index contributed by atoms with van der Waals surface area (Å²) in [5.74, 6) is 0.460. The van der Waals surface area contributed by atoms with E-state index in [1.165, 1.54) is 0 Å². The SMILES string of the molecule is CNc1nc(CCNC(=O)COc2ccc(Cl)cc2)cs1. The zero-order chi connectivity index (χ0) is 15.1. The molecule has 0 radical (unpaired) electrons. The van der Waals surface area contributed by atoms with E-state index in [9.17, 15) is 4.79 Å². The highest BCUT2D eigenvalue weighted by molar-refractivity contribution is 7.13. The Hall–Kier alpha value is -1.79. The van der Waals surface area contributed by atoms with E-state index in [0.29, 0.717) is 23.7 Å². The minimum atomic E-state index is -0.158. The van der Waals surface area contributed by atoms with Gasteiger partial charge in [0.1, 0.15) is 5.75 Å². The average molecular weight is 326 g/mol. The summed E-state index contributed by atoms with van der Waals surface area (Å²) in [5, 5.41) is 9.26. The summed E-state index contributed by atoms with van der Waals surface area (Å²) >= 11 is 7.32. The molecule has 2 N–H and O–H groups in total. The summed E-state index contributed by atoms with van der Waals surface area (Å²) in [6.07, 6.45) is 0.699. The van der Waals surface area contributed by atoms with Crippen LogP contribution in [0.4, 0.5) is 5.13 Å². The molecule has 1 amide bonds. The van der Waals surface area contributed by atoms with Gasteiger partial charge < -0.3 is 15.4 Å². The molecule has 7 heteroatoms. The Morgan fingerprint density at radius 1 is 1.38 bits per heavy atom. The molecule has 0 aliphatic carbocycles. The van der Waals surface area contributed by atoms with Gasteiger partial charge in [-0.15, -0.1) is 11.3 Å². The van der Waals surface area contributed by atoms with Gasteiger partial charge >= 0.3 is 0 Å². The summed E-state index contributed by atoms with van der Waals surface area (Å²) in [5.41, 5.74) is 0.961. The zero-order valence-electron chi connectivity index (χ0n) is 11.6. The lowest BCUT2D eigenvalue weighted by molar-refractivity contribution is -0.123. The van der Waals surface area contributed by atoms with Crippen LogP contribution in [0, 0.1) is 0 Å². The van der Waals surface area contributed by atoms with Crippen molar-refractivity contribution in [1.29, 1.82) is 0 Å². The molecule has 2 aromatic rings. The van der Waals surface area contributed by atoms with Crippen molar-refractivity contribution in [2.75, 3.05) is 25.5 Å². The third-order valence-corrected chi connectivity index (χ3v) is 3.81. The van der Waals surface area contributed by atoms with Gasteiger partial charge in [-0.05, 0) is 24.3 Å². The summed E-state index contributed by atoms with van der Waals surface area (Å²) in [4.78, 5) is 16.0. The number of nitrogens with zero attached hydrogens (tertiary/aromatic N) is 1. The van der Waals surface area contributed by atoms with Crippen LogP contribution in [0.2, 0.25) is 5.02 Å². The number of anilines is 1. The minimum absolute atomic E-state index is 0.0134. The second kappa shape index (κ2) is 7.85. The Morgan fingerprint density at radius 3 is 2.81 bits per heavy atom. The molecule has 0 aliphatic rings. The van der Waals surface area contributed by atoms with Crippen LogP contribution in [0.3, 0.4) is 0 Å². The normalized spacial score (nSPS) is 10.2. The van der Waals surface area contributed by atoms with Gasteiger partial charge in [0, 0.05) is 30.4 Å². The van der Waals surface area contributed by atoms with E-state index >= 15 is 0 Å². The number of rotatable bonds is 7. The zero-order valence-corrected chi connectivity index (χ0v) is 13.1. The summed E-state index contributed by atoms with van der Waals surface area (Å²) < 4.78 is 5.35. The van der Waals surface area contributed by atoms with Gasteiger partial charge in [0.15, 0.2) is 11.7 Å². The monoisotopic (exact) mass is 325 g/mol. The molecule has 0 unspecified atom stereocenters. The van der Waals surface area contributed by atoms with Crippen LogP contribution in [-0.4, -0.2) is 31.1 Å². The van der Waals surface area contributed by atoms with Gasteiger partial charge in [-0.3, -0.25) is 4.79 Å². The first-order valence-electron chi connectivity index (χ1n) is 6.44. The first kappa shape index (κ1) is 15.6. The molecule has 0 spiro atoms. The van der Waals surface area contributed by atoms with Crippen molar-refractivity contribution < 1.29 is 9.53 Å². The number of benzene rings is 1. The fourth-order valence-corrected chi connectivity index (χ4v) is 2.43.